The molecular weight excluding hydrogens is 285 g/mol. The van der Waals surface area contributed by atoms with Gasteiger partial charge < -0.3 is 10.1 Å². The molecule has 0 aliphatic carbocycles. The summed E-state index contributed by atoms with van der Waals surface area (Å²) in [7, 11) is 0. The number of rotatable bonds is 5. The highest BCUT2D eigenvalue weighted by molar-refractivity contribution is 14.1. The van der Waals surface area contributed by atoms with Gasteiger partial charge in [0.25, 0.3) is 0 Å². The molecule has 1 amide bonds. The number of hydrogen-bond donors (Lipinski definition) is 1. The van der Waals surface area contributed by atoms with Crippen LogP contribution in [-0.4, -0.2) is 23.0 Å². The fourth-order valence-electron chi connectivity index (χ4n) is 0.635. The predicted molar refractivity (Wildman–Crippen MR) is 57.9 cm³/mol. The van der Waals surface area contributed by atoms with Crippen LogP contribution in [0.25, 0.3) is 0 Å². The predicted octanol–water partition coefficient (Wildman–Crippen LogP) is 1.86. The van der Waals surface area contributed by atoms with E-state index in [1.165, 1.54) is 0 Å². The number of alkyl carbamates (subject to hydrolysis) is 1. The van der Waals surface area contributed by atoms with Crippen molar-refractivity contribution < 1.29 is 14.3 Å². The van der Waals surface area contributed by atoms with Crippen molar-refractivity contribution in [3.05, 3.63) is 0 Å². The molecule has 0 unspecified atom stereocenters. The SMILES string of the molecule is CCCCNC(=O)OC(=O)CCI. The molecule has 0 aliphatic rings. The van der Waals surface area contributed by atoms with E-state index >= 15 is 0 Å². The zero-order valence-corrected chi connectivity index (χ0v) is 9.80. The van der Waals surface area contributed by atoms with E-state index in [2.05, 4.69) is 32.6 Å². The van der Waals surface area contributed by atoms with Gasteiger partial charge in [0.05, 0.1) is 6.42 Å². The van der Waals surface area contributed by atoms with Crippen molar-refractivity contribution >= 4 is 34.7 Å². The summed E-state index contributed by atoms with van der Waals surface area (Å²) in [5.74, 6) is -0.469. The quantitative estimate of drug-likeness (QED) is 0.277. The number of carbonyl (C=O) groups is 2. The van der Waals surface area contributed by atoms with Crippen LogP contribution in [0.1, 0.15) is 26.2 Å². The van der Waals surface area contributed by atoms with Crippen molar-refractivity contribution in [2.45, 2.75) is 26.2 Å². The monoisotopic (exact) mass is 299 g/mol. The van der Waals surface area contributed by atoms with Crippen molar-refractivity contribution in [2.24, 2.45) is 0 Å². The maximum Gasteiger partial charge on any atom is 0.414 e. The summed E-state index contributed by atoms with van der Waals surface area (Å²) in [6.07, 6.45) is 1.54. The Morgan fingerprint density at radius 1 is 1.46 bits per heavy atom. The Morgan fingerprint density at radius 2 is 2.15 bits per heavy atom. The molecule has 0 bridgehead atoms. The second-order valence-electron chi connectivity index (χ2n) is 2.48. The fourth-order valence-corrected chi connectivity index (χ4v) is 1.08. The third-order valence-corrected chi connectivity index (χ3v) is 1.84. The number of amides is 1. The van der Waals surface area contributed by atoms with Crippen molar-refractivity contribution in [1.82, 2.24) is 5.32 Å². The first kappa shape index (κ1) is 12.7. The van der Waals surface area contributed by atoms with Crippen LogP contribution in [0.15, 0.2) is 0 Å². The van der Waals surface area contributed by atoms with Crippen molar-refractivity contribution in [3.63, 3.8) is 0 Å². The standard InChI is InChI=1S/C8H14INO3/c1-2-3-6-10-8(12)13-7(11)4-5-9/h2-6H2,1H3,(H,10,12). The lowest BCUT2D eigenvalue weighted by atomic mass is 10.3. The minimum absolute atomic E-state index is 0.280. The minimum atomic E-state index is -0.636. The van der Waals surface area contributed by atoms with Crippen LogP contribution < -0.4 is 5.32 Å². The molecule has 76 valence electrons. The Balaban J connectivity index is 3.44. The van der Waals surface area contributed by atoms with Crippen LogP contribution >= 0.6 is 22.6 Å². The number of unbranched alkanes of at least 4 members (excludes halogenated alkanes) is 1. The number of hydrogen-bond acceptors (Lipinski definition) is 3. The van der Waals surface area contributed by atoms with E-state index in [0.717, 1.165) is 12.8 Å². The average molecular weight is 299 g/mol. The van der Waals surface area contributed by atoms with Crippen LogP contribution in [0.4, 0.5) is 4.79 Å². The summed E-state index contributed by atoms with van der Waals surface area (Å²) in [6, 6.07) is 0. The maximum absolute atomic E-state index is 10.8. The summed E-state index contributed by atoms with van der Waals surface area (Å²) in [4.78, 5) is 21.6. The van der Waals surface area contributed by atoms with Gasteiger partial charge in [-0.05, 0) is 6.42 Å². The van der Waals surface area contributed by atoms with Gasteiger partial charge in [0.2, 0.25) is 0 Å². The molecule has 0 heterocycles. The normalized spacial score (nSPS) is 9.38. The number of esters is 1. The van der Waals surface area contributed by atoms with Crippen LogP contribution in [0, 0.1) is 0 Å². The molecule has 0 spiro atoms. The lowest BCUT2D eigenvalue weighted by Gasteiger charge is -2.03. The van der Waals surface area contributed by atoms with Gasteiger partial charge in [-0.25, -0.2) is 4.79 Å². The third kappa shape index (κ3) is 8.01. The number of halogens is 1. The first-order chi connectivity index (χ1) is 6.20. The van der Waals surface area contributed by atoms with Gasteiger partial charge in [0.1, 0.15) is 0 Å². The molecule has 0 aromatic heterocycles. The highest BCUT2D eigenvalue weighted by Crippen LogP contribution is 1.92. The van der Waals surface area contributed by atoms with Crippen molar-refractivity contribution in [1.29, 1.82) is 0 Å². The molecular formula is C8H14INO3. The Morgan fingerprint density at radius 3 is 2.69 bits per heavy atom. The number of carbonyl (C=O) groups excluding carboxylic acids is 2. The highest BCUT2D eigenvalue weighted by Gasteiger charge is 2.07. The van der Waals surface area contributed by atoms with Gasteiger partial charge in [-0.3, -0.25) is 4.79 Å². The second kappa shape index (κ2) is 8.28. The van der Waals surface area contributed by atoms with Gasteiger partial charge in [-0.1, -0.05) is 35.9 Å². The Kier molecular flexibility index (Phi) is 8.07. The maximum atomic E-state index is 10.8. The summed E-state index contributed by atoms with van der Waals surface area (Å²) in [5, 5.41) is 2.49. The zero-order valence-electron chi connectivity index (χ0n) is 7.64. The molecule has 0 atom stereocenters. The van der Waals surface area contributed by atoms with E-state index in [1.54, 1.807) is 0 Å². The lowest BCUT2D eigenvalue weighted by molar-refractivity contribution is -0.136. The topological polar surface area (TPSA) is 55.4 Å². The first-order valence-electron chi connectivity index (χ1n) is 4.25. The molecule has 0 aliphatic heterocycles. The molecule has 13 heavy (non-hydrogen) atoms. The summed E-state index contributed by atoms with van der Waals surface area (Å²) >= 11 is 2.05. The van der Waals surface area contributed by atoms with Gasteiger partial charge in [-0.15, -0.1) is 0 Å². The van der Waals surface area contributed by atoms with E-state index < -0.39 is 12.1 Å². The molecule has 5 heteroatoms. The lowest BCUT2D eigenvalue weighted by Crippen LogP contribution is -2.27. The number of ether oxygens (including phenoxy) is 1. The van der Waals surface area contributed by atoms with E-state index in [0.29, 0.717) is 11.0 Å². The minimum Gasteiger partial charge on any atom is -0.376 e. The molecule has 1 N–H and O–H groups in total. The zero-order chi connectivity index (χ0) is 10.1. The van der Waals surface area contributed by atoms with Gasteiger partial charge in [0, 0.05) is 11.0 Å². The molecule has 0 rings (SSSR count). The third-order valence-electron chi connectivity index (χ3n) is 1.30. The van der Waals surface area contributed by atoms with Crippen LogP contribution in [0.2, 0.25) is 0 Å². The molecule has 0 radical (unpaired) electrons. The summed E-state index contributed by atoms with van der Waals surface area (Å²) < 4.78 is 5.11. The van der Waals surface area contributed by atoms with E-state index in [-0.39, 0.29) is 6.42 Å². The van der Waals surface area contributed by atoms with Gasteiger partial charge in [0.15, 0.2) is 0 Å². The van der Waals surface area contributed by atoms with Crippen molar-refractivity contribution in [3.8, 4) is 0 Å². The van der Waals surface area contributed by atoms with E-state index in [4.69, 9.17) is 0 Å². The molecule has 0 aromatic rings. The Labute approximate surface area is 91.5 Å². The van der Waals surface area contributed by atoms with Crippen LogP contribution in [-0.2, 0) is 9.53 Å². The molecule has 0 saturated carbocycles. The number of nitrogens with one attached hydrogen (secondary N) is 1. The molecule has 0 saturated heterocycles. The van der Waals surface area contributed by atoms with Gasteiger partial charge in [-0.2, -0.15) is 0 Å². The molecule has 0 fully saturated rings. The van der Waals surface area contributed by atoms with E-state index in [9.17, 15) is 9.59 Å². The van der Waals surface area contributed by atoms with Gasteiger partial charge >= 0.3 is 12.1 Å². The summed E-state index contributed by atoms with van der Waals surface area (Å²) in [5.41, 5.74) is 0. The van der Waals surface area contributed by atoms with Crippen LogP contribution in [0.3, 0.4) is 0 Å². The average Bonchev–Trinajstić information content (AvgIpc) is 2.05. The second-order valence-corrected chi connectivity index (χ2v) is 3.56. The number of alkyl halides is 1. The first-order valence-corrected chi connectivity index (χ1v) is 5.77. The summed E-state index contributed by atoms with van der Waals surface area (Å²) in [6.45, 7) is 2.58. The van der Waals surface area contributed by atoms with Crippen LogP contribution in [0.5, 0.6) is 0 Å². The fraction of sp³-hybridized carbons (Fsp3) is 0.750. The largest absolute Gasteiger partial charge is 0.414 e. The van der Waals surface area contributed by atoms with Crippen molar-refractivity contribution in [2.75, 3.05) is 11.0 Å². The Bertz CT molecular complexity index is 173. The Hall–Kier alpha value is -0.330. The highest BCUT2D eigenvalue weighted by atomic mass is 127. The van der Waals surface area contributed by atoms with E-state index in [1.807, 2.05) is 6.92 Å². The molecule has 0 aromatic carbocycles. The smallest absolute Gasteiger partial charge is 0.376 e. The molecule has 4 nitrogen and oxygen atoms in total.